The average Bonchev–Trinajstić information content (AvgIpc) is 3.65. The van der Waals surface area contributed by atoms with Gasteiger partial charge in [0.1, 0.15) is 5.75 Å². The Kier molecular flexibility index (Phi) is 7.95. The number of hydrogen-bond donors (Lipinski definition) is 2. The highest BCUT2D eigenvalue weighted by Crippen LogP contribution is 2.30. The number of aromatic nitrogens is 2. The Morgan fingerprint density at radius 2 is 1.74 bits per heavy atom. The second-order valence-electron chi connectivity index (χ2n) is 8.96. The molecule has 5 rings (SSSR count). The Labute approximate surface area is 206 Å². The molecule has 1 amide bonds. The third-order valence-corrected chi connectivity index (χ3v) is 5.72. The highest BCUT2D eigenvalue weighted by atomic mass is 16.5. The number of methoxy groups -OCH3 is 1. The van der Waals surface area contributed by atoms with E-state index in [-0.39, 0.29) is 11.8 Å². The summed E-state index contributed by atoms with van der Waals surface area (Å²) in [6.07, 6.45) is 6.21. The zero-order valence-corrected chi connectivity index (χ0v) is 20.5. The van der Waals surface area contributed by atoms with Gasteiger partial charge in [-0.25, -0.2) is 0 Å². The van der Waals surface area contributed by atoms with E-state index in [1.165, 1.54) is 11.1 Å². The number of H-pyrrole nitrogens is 1. The fourth-order valence-electron chi connectivity index (χ4n) is 3.65. The smallest absolute Gasteiger partial charge is 0.227 e. The van der Waals surface area contributed by atoms with E-state index in [0.29, 0.717) is 0 Å². The number of anilines is 1. The Morgan fingerprint density at radius 3 is 2.40 bits per heavy atom. The van der Waals surface area contributed by atoms with E-state index >= 15 is 0 Å². The number of nitrogens with zero attached hydrogens (tertiary/aromatic N) is 2. The molecule has 2 N–H and O–H groups in total. The monoisotopic (exact) mass is 468 g/mol. The van der Waals surface area contributed by atoms with Crippen LogP contribution in [0.5, 0.6) is 5.75 Å². The first kappa shape index (κ1) is 24.2. The SMILES string of the molecule is CN(C)Cc1ccc(/C=C/c2n[nH]c3ccccc23)cc1.COc1ccc(NC(=O)C2CC2)cc1. The Balaban J connectivity index is 0.000000179. The maximum absolute atomic E-state index is 11.4. The summed E-state index contributed by atoms with van der Waals surface area (Å²) >= 11 is 0. The van der Waals surface area contributed by atoms with Gasteiger partial charge in [-0.1, -0.05) is 48.5 Å². The first-order chi connectivity index (χ1) is 17.0. The minimum Gasteiger partial charge on any atom is -0.497 e. The van der Waals surface area contributed by atoms with Gasteiger partial charge in [0, 0.05) is 23.5 Å². The van der Waals surface area contributed by atoms with Gasteiger partial charge in [0.25, 0.3) is 0 Å². The number of amides is 1. The number of aromatic amines is 1. The number of fused-ring (bicyclic) bond motifs is 1. The normalized spacial score (nSPS) is 13.0. The van der Waals surface area contributed by atoms with Crippen LogP contribution >= 0.6 is 0 Å². The summed E-state index contributed by atoms with van der Waals surface area (Å²) in [6.45, 7) is 0.966. The van der Waals surface area contributed by atoms with Crippen LogP contribution < -0.4 is 10.1 Å². The zero-order chi connectivity index (χ0) is 24.6. The highest BCUT2D eigenvalue weighted by Gasteiger charge is 2.29. The fraction of sp³-hybridized carbons (Fsp3) is 0.241. The van der Waals surface area contributed by atoms with Gasteiger partial charge in [0.15, 0.2) is 0 Å². The molecule has 6 heteroatoms. The van der Waals surface area contributed by atoms with E-state index in [0.717, 1.165) is 47.4 Å². The molecule has 1 aliphatic carbocycles. The maximum Gasteiger partial charge on any atom is 0.227 e. The van der Waals surface area contributed by atoms with Crippen molar-refractivity contribution in [2.75, 3.05) is 26.5 Å². The van der Waals surface area contributed by atoms with Gasteiger partial charge < -0.3 is 15.0 Å². The zero-order valence-electron chi connectivity index (χ0n) is 20.5. The van der Waals surface area contributed by atoms with E-state index in [9.17, 15) is 4.79 Å². The lowest BCUT2D eigenvalue weighted by atomic mass is 10.1. The standard InChI is InChI=1S/C18H19N3.C11H13NO2/c1-21(2)13-15-9-7-14(8-10-15)11-12-18-16-5-3-4-6-17(16)19-20-18;1-14-10-6-4-9(5-7-10)12-11(13)8-2-3-8/h3-12H,13H2,1-2H3,(H,19,20);4-8H,2-3H2,1H3,(H,12,13)/b12-11+;. The molecule has 0 atom stereocenters. The second-order valence-corrected chi connectivity index (χ2v) is 8.96. The van der Waals surface area contributed by atoms with Crippen molar-refractivity contribution >= 4 is 34.6 Å². The molecule has 3 aromatic carbocycles. The van der Waals surface area contributed by atoms with Gasteiger partial charge >= 0.3 is 0 Å². The van der Waals surface area contributed by atoms with Crippen molar-refractivity contribution in [3.05, 3.63) is 89.6 Å². The minimum absolute atomic E-state index is 0.134. The van der Waals surface area contributed by atoms with Crippen LogP contribution in [0.1, 0.15) is 29.7 Å². The topological polar surface area (TPSA) is 70.2 Å². The molecule has 1 saturated carbocycles. The largest absolute Gasteiger partial charge is 0.497 e. The molecule has 4 aromatic rings. The lowest BCUT2D eigenvalue weighted by molar-refractivity contribution is -0.117. The van der Waals surface area contributed by atoms with Gasteiger partial charge in [-0.05, 0) is 74.5 Å². The fourth-order valence-corrected chi connectivity index (χ4v) is 3.65. The summed E-state index contributed by atoms with van der Waals surface area (Å²) in [5.41, 5.74) is 5.39. The number of rotatable bonds is 7. The van der Waals surface area contributed by atoms with Crippen molar-refractivity contribution in [3.63, 3.8) is 0 Å². The molecular weight excluding hydrogens is 436 g/mol. The third kappa shape index (κ3) is 7.04. The Morgan fingerprint density at radius 1 is 1.03 bits per heavy atom. The number of nitrogens with one attached hydrogen (secondary N) is 2. The Bertz CT molecular complexity index is 1270. The summed E-state index contributed by atoms with van der Waals surface area (Å²) in [5, 5.41) is 11.4. The lowest BCUT2D eigenvalue weighted by Crippen LogP contribution is -2.12. The molecule has 1 aliphatic rings. The molecule has 0 bridgehead atoms. The molecule has 6 nitrogen and oxygen atoms in total. The van der Waals surface area contributed by atoms with Crippen LogP contribution in [-0.2, 0) is 11.3 Å². The van der Waals surface area contributed by atoms with Crippen LogP contribution in [0, 0.1) is 5.92 Å². The first-order valence-corrected chi connectivity index (χ1v) is 11.8. The van der Waals surface area contributed by atoms with E-state index < -0.39 is 0 Å². The van der Waals surface area contributed by atoms with Crippen LogP contribution in [0.3, 0.4) is 0 Å². The van der Waals surface area contributed by atoms with Crippen molar-refractivity contribution in [1.82, 2.24) is 15.1 Å². The van der Waals surface area contributed by atoms with Gasteiger partial charge in [-0.3, -0.25) is 9.89 Å². The van der Waals surface area contributed by atoms with Crippen LogP contribution in [-0.4, -0.2) is 42.2 Å². The van der Waals surface area contributed by atoms with Gasteiger partial charge in [-0.2, -0.15) is 5.10 Å². The molecule has 0 aliphatic heterocycles. The summed E-state index contributed by atoms with van der Waals surface area (Å²) in [7, 11) is 5.78. The quantitative estimate of drug-likeness (QED) is 0.358. The molecule has 1 aromatic heterocycles. The van der Waals surface area contributed by atoms with E-state index in [4.69, 9.17) is 4.74 Å². The molecule has 180 valence electrons. The highest BCUT2D eigenvalue weighted by molar-refractivity contribution is 5.94. The van der Waals surface area contributed by atoms with Crippen molar-refractivity contribution < 1.29 is 9.53 Å². The lowest BCUT2D eigenvalue weighted by Gasteiger charge is -2.09. The first-order valence-electron chi connectivity index (χ1n) is 11.8. The van der Waals surface area contributed by atoms with E-state index in [2.05, 4.69) is 77.0 Å². The molecule has 0 saturated heterocycles. The van der Waals surface area contributed by atoms with Gasteiger partial charge in [0.2, 0.25) is 5.91 Å². The molecule has 35 heavy (non-hydrogen) atoms. The van der Waals surface area contributed by atoms with Crippen molar-refractivity contribution in [1.29, 1.82) is 0 Å². The number of carbonyl (C=O) groups excluding carboxylic acids is 1. The van der Waals surface area contributed by atoms with Crippen molar-refractivity contribution in [2.45, 2.75) is 19.4 Å². The average molecular weight is 469 g/mol. The number of para-hydroxylation sites is 1. The molecular formula is C29H32N4O2. The minimum atomic E-state index is 0.134. The van der Waals surface area contributed by atoms with Crippen LogP contribution in [0.2, 0.25) is 0 Å². The molecule has 0 spiro atoms. The number of carbonyl (C=O) groups is 1. The predicted molar refractivity (Wildman–Crippen MR) is 143 cm³/mol. The maximum atomic E-state index is 11.4. The van der Waals surface area contributed by atoms with Gasteiger partial charge in [-0.15, -0.1) is 0 Å². The third-order valence-electron chi connectivity index (χ3n) is 5.72. The number of benzene rings is 3. The molecule has 1 heterocycles. The molecule has 0 unspecified atom stereocenters. The van der Waals surface area contributed by atoms with Gasteiger partial charge in [0.05, 0.1) is 18.3 Å². The van der Waals surface area contributed by atoms with Crippen LogP contribution in [0.25, 0.3) is 23.1 Å². The van der Waals surface area contributed by atoms with Crippen molar-refractivity contribution in [3.8, 4) is 5.75 Å². The number of ether oxygens (including phenoxy) is 1. The van der Waals surface area contributed by atoms with Crippen molar-refractivity contribution in [2.24, 2.45) is 5.92 Å². The van der Waals surface area contributed by atoms with E-state index in [1.807, 2.05) is 42.5 Å². The molecule has 0 radical (unpaired) electrons. The number of hydrogen-bond acceptors (Lipinski definition) is 4. The van der Waals surface area contributed by atoms with E-state index in [1.54, 1.807) is 7.11 Å². The summed E-state index contributed by atoms with van der Waals surface area (Å²) < 4.78 is 5.02. The van der Waals surface area contributed by atoms with Crippen LogP contribution in [0.15, 0.2) is 72.8 Å². The predicted octanol–water partition coefficient (Wildman–Crippen LogP) is 5.84. The summed E-state index contributed by atoms with van der Waals surface area (Å²) in [4.78, 5) is 13.6. The Hall–Kier alpha value is -3.90. The van der Waals surface area contributed by atoms with Crippen LogP contribution in [0.4, 0.5) is 5.69 Å². The second kappa shape index (κ2) is 11.5. The molecule has 1 fully saturated rings. The summed E-state index contributed by atoms with van der Waals surface area (Å²) in [5.74, 6) is 1.18. The summed E-state index contributed by atoms with van der Waals surface area (Å²) in [6, 6.07) is 24.2.